The lowest BCUT2D eigenvalue weighted by atomic mass is 10.1. The van der Waals surface area contributed by atoms with Gasteiger partial charge in [-0.3, -0.25) is 10.2 Å². The van der Waals surface area contributed by atoms with Gasteiger partial charge in [-0.25, -0.2) is 5.84 Å². The average molecular weight is 241 g/mol. The van der Waals surface area contributed by atoms with Crippen molar-refractivity contribution in [2.24, 2.45) is 11.8 Å². The molecule has 0 aromatic carbocycles. The summed E-state index contributed by atoms with van der Waals surface area (Å²) in [4.78, 5) is 13.8. The van der Waals surface area contributed by atoms with Crippen LogP contribution in [0.25, 0.3) is 0 Å². The molecule has 0 radical (unpaired) electrons. The highest BCUT2D eigenvalue weighted by atomic mass is 16.5. The van der Waals surface area contributed by atoms with E-state index in [4.69, 9.17) is 10.6 Å². The Hall–Kier alpha value is -0.650. The summed E-state index contributed by atoms with van der Waals surface area (Å²) in [5.41, 5.74) is 2.16. The molecule has 2 aliphatic rings. The van der Waals surface area contributed by atoms with E-state index in [0.29, 0.717) is 0 Å². The molecule has 0 aromatic heterocycles. The van der Waals surface area contributed by atoms with Crippen LogP contribution in [0.4, 0.5) is 0 Å². The topological polar surface area (TPSA) is 67.6 Å². The van der Waals surface area contributed by atoms with Gasteiger partial charge >= 0.3 is 0 Å². The number of nitrogens with zero attached hydrogens (tertiary/aromatic N) is 1. The Balaban J connectivity index is 1.73. The van der Waals surface area contributed by atoms with Gasteiger partial charge < -0.3 is 9.64 Å². The zero-order valence-corrected chi connectivity index (χ0v) is 10.5. The number of hydrazine groups is 1. The van der Waals surface area contributed by atoms with Gasteiger partial charge in [0, 0.05) is 13.1 Å². The minimum absolute atomic E-state index is 0.194. The first-order chi connectivity index (χ1) is 8.22. The lowest BCUT2D eigenvalue weighted by Crippen LogP contribution is -2.40. The van der Waals surface area contributed by atoms with Crippen LogP contribution in [0.1, 0.15) is 32.6 Å². The van der Waals surface area contributed by atoms with E-state index in [1.807, 2.05) is 0 Å². The molecule has 5 heteroatoms. The fourth-order valence-corrected chi connectivity index (χ4v) is 2.83. The monoisotopic (exact) mass is 241 g/mol. The Kier molecular flexibility index (Phi) is 4.36. The number of carbonyl (C=O) groups excluding carboxylic acids is 1. The van der Waals surface area contributed by atoms with Crippen LogP contribution in [0.5, 0.6) is 0 Å². The van der Waals surface area contributed by atoms with E-state index in [-0.39, 0.29) is 18.1 Å². The van der Waals surface area contributed by atoms with E-state index in [2.05, 4.69) is 17.2 Å². The molecule has 1 amide bonds. The molecule has 0 bridgehead atoms. The molecule has 5 nitrogen and oxygen atoms in total. The third-order valence-corrected chi connectivity index (χ3v) is 3.95. The van der Waals surface area contributed by atoms with Gasteiger partial charge in [-0.2, -0.15) is 0 Å². The van der Waals surface area contributed by atoms with Crippen molar-refractivity contribution >= 4 is 5.91 Å². The predicted octanol–water partition coefficient (Wildman–Crippen LogP) is 0.256. The summed E-state index contributed by atoms with van der Waals surface area (Å²) in [6.07, 6.45) is 4.18. The van der Waals surface area contributed by atoms with Gasteiger partial charge in [0.15, 0.2) is 0 Å². The average Bonchev–Trinajstić information content (AvgIpc) is 2.97. The zero-order valence-electron chi connectivity index (χ0n) is 10.5. The number of nitrogens with one attached hydrogen (secondary N) is 1. The van der Waals surface area contributed by atoms with E-state index >= 15 is 0 Å². The number of hydrogen-bond donors (Lipinski definition) is 2. The van der Waals surface area contributed by atoms with Crippen LogP contribution >= 0.6 is 0 Å². The molecule has 3 atom stereocenters. The SMILES string of the molecule is CCC1CCN(CC2CCC(C(=O)NN)O2)C1. The van der Waals surface area contributed by atoms with Crippen LogP contribution in [0.3, 0.4) is 0 Å². The summed E-state index contributed by atoms with van der Waals surface area (Å²) in [6, 6.07) is 0. The number of carbonyl (C=O) groups is 1. The molecule has 17 heavy (non-hydrogen) atoms. The quantitative estimate of drug-likeness (QED) is 0.421. The summed E-state index contributed by atoms with van der Waals surface area (Å²) in [7, 11) is 0. The van der Waals surface area contributed by atoms with Crippen molar-refractivity contribution in [1.82, 2.24) is 10.3 Å². The van der Waals surface area contributed by atoms with E-state index in [1.54, 1.807) is 0 Å². The van der Waals surface area contributed by atoms with Crippen LogP contribution in [-0.4, -0.2) is 42.6 Å². The van der Waals surface area contributed by atoms with Crippen molar-refractivity contribution in [3.8, 4) is 0 Å². The van der Waals surface area contributed by atoms with Gasteiger partial charge in [-0.1, -0.05) is 13.3 Å². The van der Waals surface area contributed by atoms with Gasteiger partial charge in [0.2, 0.25) is 0 Å². The minimum atomic E-state index is -0.338. The van der Waals surface area contributed by atoms with Crippen molar-refractivity contribution < 1.29 is 9.53 Å². The number of likely N-dealkylation sites (tertiary alicyclic amines) is 1. The van der Waals surface area contributed by atoms with E-state index in [9.17, 15) is 4.79 Å². The molecule has 0 spiro atoms. The third-order valence-electron chi connectivity index (χ3n) is 3.95. The number of amides is 1. The standard InChI is InChI=1S/C12H23N3O2/c1-2-9-5-6-15(7-9)8-10-3-4-11(17-10)12(16)14-13/h9-11H,2-8,13H2,1H3,(H,14,16). The summed E-state index contributed by atoms with van der Waals surface area (Å²) in [5.74, 6) is 5.76. The van der Waals surface area contributed by atoms with Gasteiger partial charge in [0.25, 0.3) is 5.91 Å². The van der Waals surface area contributed by atoms with Crippen molar-refractivity contribution in [1.29, 1.82) is 0 Å². The molecule has 2 saturated heterocycles. The Morgan fingerprint density at radius 3 is 2.94 bits per heavy atom. The maximum Gasteiger partial charge on any atom is 0.263 e. The maximum absolute atomic E-state index is 11.3. The number of rotatable bonds is 4. The molecule has 2 rings (SSSR count). The summed E-state index contributed by atoms with van der Waals surface area (Å²) in [5, 5.41) is 0. The molecule has 0 aliphatic carbocycles. The van der Waals surface area contributed by atoms with Crippen molar-refractivity contribution in [3.63, 3.8) is 0 Å². The highest BCUT2D eigenvalue weighted by Gasteiger charge is 2.32. The molecule has 2 fully saturated rings. The number of nitrogens with two attached hydrogens (primary N) is 1. The van der Waals surface area contributed by atoms with E-state index in [0.717, 1.165) is 25.3 Å². The third kappa shape index (κ3) is 3.18. The van der Waals surface area contributed by atoms with Crippen LogP contribution in [-0.2, 0) is 9.53 Å². The first-order valence-corrected chi connectivity index (χ1v) is 6.61. The minimum Gasteiger partial charge on any atom is -0.364 e. The molecule has 2 aliphatic heterocycles. The number of ether oxygens (including phenoxy) is 1. The highest BCUT2D eigenvalue weighted by Crippen LogP contribution is 2.24. The van der Waals surface area contributed by atoms with Gasteiger partial charge in [-0.15, -0.1) is 0 Å². The summed E-state index contributed by atoms with van der Waals surface area (Å²) < 4.78 is 5.71. The molecular formula is C12H23N3O2. The van der Waals surface area contributed by atoms with Crippen LogP contribution in [0.15, 0.2) is 0 Å². The van der Waals surface area contributed by atoms with Crippen LogP contribution in [0, 0.1) is 5.92 Å². The Labute approximate surface area is 103 Å². The molecule has 0 aromatic rings. The summed E-state index contributed by atoms with van der Waals surface area (Å²) in [6.45, 7) is 5.57. The maximum atomic E-state index is 11.3. The largest absolute Gasteiger partial charge is 0.364 e. The molecule has 0 saturated carbocycles. The smallest absolute Gasteiger partial charge is 0.263 e. The Morgan fingerprint density at radius 2 is 2.29 bits per heavy atom. The molecule has 3 N–H and O–H groups in total. The zero-order chi connectivity index (χ0) is 12.3. The van der Waals surface area contributed by atoms with Gasteiger partial charge in [0.1, 0.15) is 6.10 Å². The van der Waals surface area contributed by atoms with Crippen LogP contribution in [0.2, 0.25) is 0 Å². The molecule has 2 heterocycles. The highest BCUT2D eigenvalue weighted by molar-refractivity contribution is 5.80. The second kappa shape index (κ2) is 5.80. The molecular weight excluding hydrogens is 218 g/mol. The van der Waals surface area contributed by atoms with E-state index in [1.165, 1.54) is 25.9 Å². The van der Waals surface area contributed by atoms with Crippen LogP contribution < -0.4 is 11.3 Å². The Bertz CT molecular complexity index is 272. The molecule has 3 unspecified atom stereocenters. The lowest BCUT2D eigenvalue weighted by Gasteiger charge is -2.20. The van der Waals surface area contributed by atoms with Gasteiger partial charge in [0.05, 0.1) is 6.10 Å². The fraction of sp³-hybridized carbons (Fsp3) is 0.917. The number of hydrogen-bond acceptors (Lipinski definition) is 4. The first kappa shape index (κ1) is 12.8. The van der Waals surface area contributed by atoms with Crippen molar-refractivity contribution in [2.75, 3.05) is 19.6 Å². The first-order valence-electron chi connectivity index (χ1n) is 6.61. The fourth-order valence-electron chi connectivity index (χ4n) is 2.83. The van der Waals surface area contributed by atoms with E-state index < -0.39 is 0 Å². The molecule has 98 valence electrons. The lowest BCUT2D eigenvalue weighted by molar-refractivity contribution is -0.132. The second-order valence-electron chi connectivity index (χ2n) is 5.16. The second-order valence-corrected chi connectivity index (χ2v) is 5.16. The normalized spacial score (nSPS) is 34.1. The van der Waals surface area contributed by atoms with Crippen molar-refractivity contribution in [3.05, 3.63) is 0 Å². The summed E-state index contributed by atoms with van der Waals surface area (Å²) >= 11 is 0. The van der Waals surface area contributed by atoms with Gasteiger partial charge in [-0.05, 0) is 31.7 Å². The predicted molar refractivity (Wildman–Crippen MR) is 65.1 cm³/mol. The Morgan fingerprint density at radius 1 is 1.47 bits per heavy atom. The van der Waals surface area contributed by atoms with Crippen molar-refractivity contribution in [2.45, 2.75) is 44.8 Å².